The minimum atomic E-state index is -5.30. The lowest BCUT2D eigenvalue weighted by Gasteiger charge is -2.12. The second-order valence-electron chi connectivity index (χ2n) is 9.43. The highest BCUT2D eigenvalue weighted by atomic mass is 35.5. The fourth-order valence-corrected chi connectivity index (χ4v) is 5.82. The minimum absolute atomic E-state index is 0.0451. The monoisotopic (exact) mass is 707 g/mol. The molecule has 0 bridgehead atoms. The van der Waals surface area contributed by atoms with E-state index >= 15 is 0 Å². The van der Waals surface area contributed by atoms with Gasteiger partial charge in [0.05, 0.1) is 26.5 Å². The zero-order valence-corrected chi connectivity index (χ0v) is 24.6. The number of benzene rings is 3. The molecule has 0 radical (unpaired) electrons. The van der Waals surface area contributed by atoms with E-state index in [2.05, 4.69) is 5.32 Å². The molecular formula is C27H13Cl5F7NO3. The topological polar surface area (TPSA) is 63.2 Å². The van der Waals surface area contributed by atoms with Gasteiger partial charge in [0, 0.05) is 36.1 Å². The molecule has 4 rings (SSSR count). The maximum atomic E-state index is 14.8. The van der Waals surface area contributed by atoms with Gasteiger partial charge in [0.2, 0.25) is 11.7 Å². The lowest BCUT2D eigenvalue weighted by molar-refractivity contribution is -0.170. The van der Waals surface area contributed by atoms with Crippen LogP contribution in [0.4, 0.5) is 36.4 Å². The first kappa shape index (κ1) is 33.3. The Labute approximate surface area is 263 Å². The number of rotatable bonds is 8. The van der Waals surface area contributed by atoms with Gasteiger partial charge in [-0.25, -0.2) is 17.6 Å². The molecule has 0 saturated heterocycles. The molecule has 1 saturated carbocycles. The summed E-state index contributed by atoms with van der Waals surface area (Å²) in [6.45, 7) is 0. The molecule has 1 amide bonds. The molecule has 3 aromatic carbocycles. The Morgan fingerprint density at radius 1 is 0.837 bits per heavy atom. The Morgan fingerprint density at radius 2 is 1.44 bits per heavy atom. The van der Waals surface area contributed by atoms with Crippen molar-refractivity contribution in [1.82, 2.24) is 0 Å². The summed E-state index contributed by atoms with van der Waals surface area (Å²) in [4.78, 5) is 37.1. The van der Waals surface area contributed by atoms with Crippen molar-refractivity contribution >= 4 is 81.2 Å². The Hall–Kier alpha value is -2.57. The molecule has 0 heterocycles. The average Bonchev–Trinajstić information content (AvgIpc) is 3.49. The lowest BCUT2D eigenvalue weighted by atomic mass is 9.97. The maximum Gasteiger partial charge on any atom is 0.450 e. The van der Waals surface area contributed by atoms with Crippen LogP contribution in [0.25, 0.3) is 0 Å². The van der Waals surface area contributed by atoms with Crippen molar-refractivity contribution in [2.24, 2.45) is 5.92 Å². The van der Waals surface area contributed by atoms with Gasteiger partial charge < -0.3 is 5.32 Å². The number of nitrogens with one attached hydrogen (secondary N) is 1. The van der Waals surface area contributed by atoms with Crippen LogP contribution in [-0.2, 0) is 22.4 Å². The molecule has 1 fully saturated rings. The van der Waals surface area contributed by atoms with Crippen molar-refractivity contribution in [2.75, 3.05) is 5.32 Å². The van der Waals surface area contributed by atoms with Crippen LogP contribution in [0.5, 0.6) is 0 Å². The zero-order chi connectivity index (χ0) is 32.2. The number of carbonyl (C=O) groups excluding carboxylic acids is 3. The number of alkyl halides is 5. The number of halogens is 12. The summed E-state index contributed by atoms with van der Waals surface area (Å²) in [5.41, 5.74) is -3.11. The van der Waals surface area contributed by atoms with Crippen molar-refractivity contribution in [1.29, 1.82) is 0 Å². The first-order chi connectivity index (χ1) is 19.8. The number of amides is 1. The van der Waals surface area contributed by atoms with Crippen molar-refractivity contribution in [3.05, 3.63) is 97.0 Å². The largest absolute Gasteiger partial charge is 0.450 e. The zero-order valence-electron chi connectivity index (χ0n) is 20.8. The smallest absolute Gasteiger partial charge is 0.326 e. The van der Waals surface area contributed by atoms with Crippen LogP contribution >= 0.6 is 58.0 Å². The first-order valence-corrected chi connectivity index (χ1v) is 13.6. The Balaban J connectivity index is 1.57. The van der Waals surface area contributed by atoms with Crippen LogP contribution in [0.2, 0.25) is 15.1 Å². The number of carbonyl (C=O) groups is 3. The van der Waals surface area contributed by atoms with E-state index in [1.807, 2.05) is 0 Å². The van der Waals surface area contributed by atoms with Crippen LogP contribution in [0.15, 0.2) is 36.4 Å². The molecule has 3 aromatic rings. The summed E-state index contributed by atoms with van der Waals surface area (Å²) in [6.07, 6.45) is -8.06. The van der Waals surface area contributed by atoms with E-state index in [4.69, 9.17) is 58.0 Å². The lowest BCUT2D eigenvalue weighted by Crippen LogP contribution is -2.25. The predicted octanol–water partition coefficient (Wildman–Crippen LogP) is 8.83. The fraction of sp³-hybridized carbons (Fsp3) is 0.222. The number of Topliss-reactive ketones (excluding diaryl/α,β-unsaturated/α-hetero) is 2. The first-order valence-electron chi connectivity index (χ1n) is 11.8. The normalized spacial score (nSPS) is 17.5. The highest BCUT2D eigenvalue weighted by Crippen LogP contribution is 2.65. The molecule has 228 valence electrons. The summed E-state index contributed by atoms with van der Waals surface area (Å²) in [7, 11) is 0. The van der Waals surface area contributed by atoms with Crippen LogP contribution < -0.4 is 5.32 Å². The van der Waals surface area contributed by atoms with Gasteiger partial charge in [-0.05, 0) is 35.4 Å². The summed E-state index contributed by atoms with van der Waals surface area (Å²) < 4.78 is 94.3. The highest BCUT2D eigenvalue weighted by Gasteiger charge is 2.67. The van der Waals surface area contributed by atoms with Crippen molar-refractivity contribution < 1.29 is 45.1 Å². The highest BCUT2D eigenvalue weighted by molar-refractivity contribution is 6.54. The van der Waals surface area contributed by atoms with Crippen LogP contribution in [0.3, 0.4) is 0 Å². The Morgan fingerprint density at radius 3 is 2.02 bits per heavy atom. The van der Waals surface area contributed by atoms with Gasteiger partial charge in [0.15, 0.2) is 17.4 Å². The molecule has 0 aromatic heterocycles. The van der Waals surface area contributed by atoms with Gasteiger partial charge in [-0.2, -0.15) is 13.2 Å². The molecule has 4 nitrogen and oxygen atoms in total. The van der Waals surface area contributed by atoms with E-state index in [-0.39, 0.29) is 15.1 Å². The predicted molar refractivity (Wildman–Crippen MR) is 146 cm³/mol. The molecule has 0 aliphatic heterocycles. The van der Waals surface area contributed by atoms with Gasteiger partial charge in [0.1, 0.15) is 16.0 Å². The van der Waals surface area contributed by atoms with E-state index in [1.54, 1.807) is 0 Å². The third kappa shape index (κ3) is 6.76. The quantitative estimate of drug-likeness (QED) is 0.110. The maximum absolute atomic E-state index is 14.8. The van der Waals surface area contributed by atoms with E-state index in [0.717, 1.165) is 0 Å². The van der Waals surface area contributed by atoms with Gasteiger partial charge in [0.25, 0.3) is 0 Å². The van der Waals surface area contributed by atoms with Crippen LogP contribution in [0.1, 0.15) is 33.0 Å². The number of hydrogen-bond donors (Lipinski definition) is 1. The summed E-state index contributed by atoms with van der Waals surface area (Å²) in [6, 6.07) is 5.08. The minimum Gasteiger partial charge on any atom is -0.326 e. The van der Waals surface area contributed by atoms with Crippen molar-refractivity contribution in [3.63, 3.8) is 0 Å². The fourth-order valence-electron chi connectivity index (χ4n) is 4.38. The van der Waals surface area contributed by atoms with Gasteiger partial charge in [-0.3, -0.25) is 14.4 Å². The van der Waals surface area contributed by atoms with E-state index < -0.39 is 98.3 Å². The van der Waals surface area contributed by atoms with E-state index in [1.165, 1.54) is 12.1 Å². The molecule has 2 atom stereocenters. The number of anilines is 1. The van der Waals surface area contributed by atoms with Crippen LogP contribution in [-0.4, -0.2) is 28.0 Å². The van der Waals surface area contributed by atoms with Gasteiger partial charge in [-0.1, -0.05) is 40.9 Å². The van der Waals surface area contributed by atoms with E-state index in [0.29, 0.717) is 29.8 Å². The second kappa shape index (κ2) is 12.1. The molecule has 16 heteroatoms. The number of hydrogen-bond acceptors (Lipinski definition) is 3. The molecule has 1 aliphatic carbocycles. The molecule has 43 heavy (non-hydrogen) atoms. The standard InChI is InChI=1S/C27H13Cl5F7NO3/c28-14-3-10(4-15(29)22(14)30)20-21(26(20,31)32)25(43)40-11-6-13(24(36)17(34)7-11)18(41)8-12-16(33)2-1-9(23(12)35)5-19(42)27(37,38)39/h1-4,6-7,20-21H,5,8H2,(H,40,43)/t20-,21+/m0/s1. The molecule has 1 N–H and O–H groups in total. The Bertz CT molecular complexity index is 1660. The molecule has 0 spiro atoms. The molecule has 0 unspecified atom stereocenters. The molecular weight excluding hydrogens is 697 g/mol. The Kier molecular flexibility index (Phi) is 9.36. The second-order valence-corrected chi connectivity index (χ2v) is 12.1. The third-order valence-electron chi connectivity index (χ3n) is 6.57. The summed E-state index contributed by atoms with van der Waals surface area (Å²) in [5.74, 6) is -13.0. The summed E-state index contributed by atoms with van der Waals surface area (Å²) >= 11 is 30.6. The SMILES string of the molecule is O=C(Cc1c(F)ccc(CC(=O)C(F)(F)F)c1F)c1cc(NC(=O)[C@H]2[C@H](c3cc(Cl)c(Cl)c(Cl)c3)C2(Cl)Cl)cc(F)c1F. The van der Waals surface area contributed by atoms with Crippen molar-refractivity contribution in [2.45, 2.75) is 29.3 Å². The van der Waals surface area contributed by atoms with Crippen LogP contribution in [0, 0.1) is 29.2 Å². The van der Waals surface area contributed by atoms with E-state index in [9.17, 15) is 45.1 Å². The van der Waals surface area contributed by atoms with Gasteiger partial charge >= 0.3 is 6.18 Å². The number of ketones is 2. The third-order valence-corrected chi connectivity index (χ3v) is 8.71. The average molecular weight is 710 g/mol. The summed E-state index contributed by atoms with van der Waals surface area (Å²) in [5, 5.41) is 2.39. The molecule has 1 aliphatic rings. The van der Waals surface area contributed by atoms with Crippen molar-refractivity contribution in [3.8, 4) is 0 Å². The van der Waals surface area contributed by atoms with Gasteiger partial charge in [-0.15, -0.1) is 23.2 Å².